The number of methoxy groups -OCH3 is 1. The quantitative estimate of drug-likeness (QED) is 0.345. The fourth-order valence-electron chi connectivity index (χ4n) is 4.15. The Kier molecular flexibility index (Phi) is 8.43. The highest BCUT2D eigenvalue weighted by Gasteiger charge is 2.29. The van der Waals surface area contributed by atoms with Gasteiger partial charge in [0.1, 0.15) is 18.2 Å². The molecule has 3 rings (SSSR count). The number of carboxylic acid groups (broad SMARTS) is 1. The lowest BCUT2D eigenvalue weighted by Crippen LogP contribution is -2.21. The molecule has 0 bridgehead atoms. The lowest BCUT2D eigenvalue weighted by molar-refractivity contribution is -0.139. The van der Waals surface area contributed by atoms with Gasteiger partial charge in [0, 0.05) is 18.2 Å². The van der Waals surface area contributed by atoms with E-state index in [1.165, 1.54) is 25.3 Å². The van der Waals surface area contributed by atoms with Gasteiger partial charge in [-0.3, -0.25) is 4.79 Å². The summed E-state index contributed by atoms with van der Waals surface area (Å²) >= 11 is 0. The Morgan fingerprint density at radius 1 is 0.972 bits per heavy atom. The number of carbonyl (C=O) groups is 1. The molecular weight excluding hydrogens is 473 g/mol. The summed E-state index contributed by atoms with van der Waals surface area (Å²) in [4.78, 5) is 10.9. The van der Waals surface area contributed by atoms with E-state index in [1.807, 2.05) is 20.8 Å². The number of carboxylic acids is 1. The number of rotatable bonds is 9. The minimum Gasteiger partial charge on any atom is -0.486 e. The van der Waals surface area contributed by atoms with Crippen LogP contribution in [0.5, 0.6) is 5.75 Å². The Balaban J connectivity index is 1.98. The van der Waals surface area contributed by atoms with Crippen LogP contribution < -0.4 is 4.74 Å². The molecule has 5 nitrogen and oxygen atoms in total. The Labute approximate surface area is 208 Å². The van der Waals surface area contributed by atoms with Crippen molar-refractivity contribution in [1.82, 2.24) is 0 Å². The number of aliphatic hydroxyl groups excluding tert-OH is 1. The van der Waals surface area contributed by atoms with E-state index in [4.69, 9.17) is 14.6 Å². The molecule has 0 aliphatic heterocycles. The first-order valence-electron chi connectivity index (χ1n) is 11.3. The average molecular weight is 503 g/mol. The molecule has 0 radical (unpaired) electrons. The molecule has 192 valence electrons. The van der Waals surface area contributed by atoms with Gasteiger partial charge in [-0.15, -0.1) is 0 Å². The second-order valence-electron chi connectivity index (χ2n) is 9.59. The Bertz CT molecular complexity index is 1240. The van der Waals surface area contributed by atoms with E-state index in [9.17, 15) is 23.1 Å². The number of ether oxygens (including phenoxy) is 2. The van der Waals surface area contributed by atoms with Crippen LogP contribution in [0.25, 0.3) is 11.1 Å². The van der Waals surface area contributed by atoms with Crippen LogP contribution in [0.3, 0.4) is 0 Å². The van der Waals surface area contributed by atoms with Gasteiger partial charge in [-0.2, -0.15) is 0 Å². The highest BCUT2D eigenvalue weighted by atomic mass is 19.1. The molecule has 36 heavy (non-hydrogen) atoms. The van der Waals surface area contributed by atoms with Gasteiger partial charge in [-0.1, -0.05) is 45.0 Å². The summed E-state index contributed by atoms with van der Waals surface area (Å²) < 4.78 is 54.9. The Hall–Kier alpha value is -3.36. The van der Waals surface area contributed by atoms with Gasteiger partial charge in [-0.25, -0.2) is 13.2 Å². The lowest BCUT2D eigenvalue weighted by atomic mass is 9.81. The summed E-state index contributed by atoms with van der Waals surface area (Å²) in [7, 11) is 1.54. The van der Waals surface area contributed by atoms with Crippen LogP contribution in [0.15, 0.2) is 54.6 Å². The fraction of sp³-hybridized carbons (Fsp3) is 0.321. The van der Waals surface area contributed by atoms with Crippen LogP contribution in [0.2, 0.25) is 0 Å². The molecule has 3 aromatic carbocycles. The number of hydrogen-bond acceptors (Lipinski definition) is 4. The van der Waals surface area contributed by atoms with E-state index < -0.39 is 47.5 Å². The molecule has 0 aliphatic carbocycles. The van der Waals surface area contributed by atoms with Gasteiger partial charge in [0.2, 0.25) is 0 Å². The van der Waals surface area contributed by atoms with E-state index in [-0.39, 0.29) is 23.5 Å². The smallest absolute Gasteiger partial charge is 0.306 e. The Morgan fingerprint density at radius 2 is 1.69 bits per heavy atom. The molecule has 0 unspecified atom stereocenters. The van der Waals surface area contributed by atoms with Crippen LogP contribution in [0.4, 0.5) is 13.2 Å². The first-order valence-corrected chi connectivity index (χ1v) is 11.3. The van der Waals surface area contributed by atoms with Crippen LogP contribution >= 0.6 is 0 Å². The highest BCUT2D eigenvalue weighted by molar-refractivity contribution is 5.69. The normalized spacial score (nSPS) is 13.3. The third-order valence-electron chi connectivity index (χ3n) is 5.75. The van der Waals surface area contributed by atoms with Crippen molar-refractivity contribution in [3.05, 3.63) is 88.7 Å². The van der Waals surface area contributed by atoms with Crippen LogP contribution in [0, 0.1) is 22.9 Å². The van der Waals surface area contributed by atoms with E-state index in [1.54, 1.807) is 18.2 Å². The lowest BCUT2D eigenvalue weighted by Gasteiger charge is -2.32. The maximum atomic E-state index is 14.9. The molecule has 0 heterocycles. The molecule has 0 saturated heterocycles. The predicted octanol–water partition coefficient (Wildman–Crippen LogP) is 6.59. The van der Waals surface area contributed by atoms with E-state index in [0.717, 1.165) is 18.2 Å². The topological polar surface area (TPSA) is 76.0 Å². The summed E-state index contributed by atoms with van der Waals surface area (Å²) in [5, 5.41) is 18.9. The maximum Gasteiger partial charge on any atom is 0.306 e. The standard InChI is InChI=1S/C28H29F3O5/c1-28(2,3)27(35-4)21-12-16(8-10-18(21)20-13-17(29)9-11-22(20)30)15-36-24-7-5-6-19(26(24)31)23(32)14-25(33)34/h5-13,23,27,32H,14-15H2,1-4H3,(H,33,34)/t23-,27-/m1/s1. The third-order valence-corrected chi connectivity index (χ3v) is 5.75. The monoisotopic (exact) mass is 502 g/mol. The molecule has 0 aromatic heterocycles. The largest absolute Gasteiger partial charge is 0.486 e. The van der Waals surface area contributed by atoms with Gasteiger partial charge in [-0.05, 0) is 52.4 Å². The fourth-order valence-corrected chi connectivity index (χ4v) is 4.15. The van der Waals surface area contributed by atoms with Crippen molar-refractivity contribution in [2.45, 2.75) is 46.0 Å². The Morgan fingerprint density at radius 3 is 2.33 bits per heavy atom. The first-order chi connectivity index (χ1) is 16.9. The zero-order chi connectivity index (χ0) is 26.6. The summed E-state index contributed by atoms with van der Waals surface area (Å²) in [6.45, 7) is 5.80. The SMILES string of the molecule is CO[C@H](c1cc(COc2cccc([C@H](O)CC(=O)O)c2F)ccc1-c1cc(F)ccc1F)C(C)(C)C. The molecule has 0 aliphatic rings. The molecule has 0 spiro atoms. The van der Waals surface area contributed by atoms with Crippen molar-refractivity contribution in [3.8, 4) is 16.9 Å². The zero-order valence-corrected chi connectivity index (χ0v) is 20.5. The molecule has 0 saturated carbocycles. The van der Waals surface area contributed by atoms with E-state index in [0.29, 0.717) is 16.7 Å². The van der Waals surface area contributed by atoms with Crippen LogP contribution in [-0.2, 0) is 16.1 Å². The summed E-state index contributed by atoms with van der Waals surface area (Å²) in [5.74, 6) is -3.42. The molecule has 2 N–H and O–H groups in total. The molecular formula is C28H29F3O5. The number of hydrogen-bond donors (Lipinski definition) is 2. The van der Waals surface area contributed by atoms with Crippen molar-refractivity contribution >= 4 is 5.97 Å². The minimum absolute atomic E-state index is 0.0745. The van der Waals surface area contributed by atoms with E-state index >= 15 is 0 Å². The maximum absolute atomic E-state index is 14.9. The molecule has 0 amide bonds. The van der Waals surface area contributed by atoms with Crippen molar-refractivity contribution in [3.63, 3.8) is 0 Å². The van der Waals surface area contributed by atoms with Crippen molar-refractivity contribution in [2.24, 2.45) is 5.41 Å². The predicted molar refractivity (Wildman–Crippen MR) is 129 cm³/mol. The number of aliphatic hydroxyl groups is 1. The van der Waals surface area contributed by atoms with Crippen molar-refractivity contribution in [1.29, 1.82) is 0 Å². The number of halogens is 3. The van der Waals surface area contributed by atoms with Crippen molar-refractivity contribution < 1.29 is 37.7 Å². The third kappa shape index (κ3) is 6.25. The van der Waals surface area contributed by atoms with Crippen molar-refractivity contribution in [2.75, 3.05) is 7.11 Å². The molecule has 0 fully saturated rings. The van der Waals surface area contributed by atoms with Gasteiger partial charge < -0.3 is 19.7 Å². The average Bonchev–Trinajstić information content (AvgIpc) is 2.79. The minimum atomic E-state index is -1.52. The zero-order valence-electron chi connectivity index (χ0n) is 20.5. The molecule has 8 heteroatoms. The number of aliphatic carboxylic acids is 1. The van der Waals surface area contributed by atoms with Gasteiger partial charge in [0.15, 0.2) is 11.6 Å². The first kappa shape index (κ1) is 27.2. The number of benzene rings is 3. The van der Waals surface area contributed by atoms with Gasteiger partial charge in [0.05, 0.1) is 18.6 Å². The summed E-state index contributed by atoms with van der Waals surface area (Å²) in [5.41, 5.74) is 1.21. The summed E-state index contributed by atoms with van der Waals surface area (Å²) in [6.07, 6.45) is -2.65. The molecule has 3 aromatic rings. The van der Waals surface area contributed by atoms with Crippen LogP contribution in [-0.4, -0.2) is 23.3 Å². The second kappa shape index (κ2) is 11.1. The van der Waals surface area contributed by atoms with Crippen LogP contribution in [0.1, 0.15) is 56.1 Å². The molecule has 2 atom stereocenters. The van der Waals surface area contributed by atoms with E-state index in [2.05, 4.69) is 0 Å². The summed E-state index contributed by atoms with van der Waals surface area (Å²) in [6, 6.07) is 12.4. The van der Waals surface area contributed by atoms with Gasteiger partial charge >= 0.3 is 5.97 Å². The van der Waals surface area contributed by atoms with Gasteiger partial charge in [0.25, 0.3) is 0 Å². The highest BCUT2D eigenvalue weighted by Crippen LogP contribution is 2.41. The second-order valence-corrected chi connectivity index (χ2v) is 9.59.